The zero-order chi connectivity index (χ0) is 20.7. The molecule has 0 radical (unpaired) electrons. The van der Waals surface area contributed by atoms with Crippen molar-refractivity contribution in [1.29, 1.82) is 0 Å². The van der Waals surface area contributed by atoms with Gasteiger partial charge in [0.25, 0.3) is 0 Å². The predicted molar refractivity (Wildman–Crippen MR) is 118 cm³/mol. The molecule has 3 rings (SSSR count). The van der Waals surface area contributed by atoms with Crippen molar-refractivity contribution in [3.05, 3.63) is 59.7 Å². The maximum atomic E-state index is 6.19. The van der Waals surface area contributed by atoms with Crippen LogP contribution >= 0.6 is 0 Å². The first-order valence-electron chi connectivity index (χ1n) is 10.7. The lowest BCUT2D eigenvalue weighted by Gasteiger charge is -2.47. The molecular weight excluding hydrogens is 362 g/mol. The molecule has 1 unspecified atom stereocenters. The van der Waals surface area contributed by atoms with E-state index in [9.17, 15) is 0 Å². The van der Waals surface area contributed by atoms with Crippen LogP contribution in [0.4, 0.5) is 0 Å². The van der Waals surface area contributed by atoms with E-state index >= 15 is 0 Å². The third kappa shape index (κ3) is 5.12. The number of benzene rings is 2. The summed E-state index contributed by atoms with van der Waals surface area (Å²) in [6, 6.07) is 16.8. The number of rotatable bonds is 9. The molecule has 1 aliphatic rings. The van der Waals surface area contributed by atoms with Crippen molar-refractivity contribution in [2.24, 2.45) is 0 Å². The van der Waals surface area contributed by atoms with Crippen LogP contribution in [0, 0.1) is 0 Å². The van der Waals surface area contributed by atoms with Gasteiger partial charge in [-0.05, 0) is 62.9 Å². The van der Waals surface area contributed by atoms with Gasteiger partial charge >= 0.3 is 0 Å². The van der Waals surface area contributed by atoms with Crippen LogP contribution in [0.25, 0.3) is 0 Å². The Kier molecular flexibility index (Phi) is 7.20. The van der Waals surface area contributed by atoms with Crippen molar-refractivity contribution in [1.82, 2.24) is 5.32 Å². The molecule has 2 aromatic rings. The minimum absolute atomic E-state index is 0.0581. The van der Waals surface area contributed by atoms with Gasteiger partial charge in [0, 0.05) is 24.1 Å². The van der Waals surface area contributed by atoms with Crippen LogP contribution in [0.1, 0.15) is 50.7 Å². The summed E-state index contributed by atoms with van der Waals surface area (Å²) >= 11 is 0. The zero-order valence-electron chi connectivity index (χ0n) is 18.3. The van der Waals surface area contributed by atoms with Crippen molar-refractivity contribution < 1.29 is 14.2 Å². The van der Waals surface area contributed by atoms with Gasteiger partial charge in [0.15, 0.2) is 0 Å². The first-order valence-corrected chi connectivity index (χ1v) is 10.7. The number of hydrogen-bond acceptors (Lipinski definition) is 4. The molecule has 158 valence electrons. The molecule has 2 atom stereocenters. The van der Waals surface area contributed by atoms with Gasteiger partial charge in [0.2, 0.25) is 0 Å². The number of hydrogen-bond donors (Lipinski definition) is 1. The second-order valence-electron chi connectivity index (χ2n) is 8.33. The van der Waals surface area contributed by atoms with Crippen LogP contribution in [-0.2, 0) is 16.7 Å². The van der Waals surface area contributed by atoms with Crippen molar-refractivity contribution in [2.45, 2.75) is 57.1 Å². The molecule has 0 spiro atoms. The highest BCUT2D eigenvalue weighted by Gasteiger charge is 2.44. The second kappa shape index (κ2) is 9.64. The van der Waals surface area contributed by atoms with Crippen LogP contribution in [-0.4, -0.2) is 33.0 Å². The molecule has 4 nitrogen and oxygen atoms in total. The van der Waals surface area contributed by atoms with Crippen molar-refractivity contribution in [3.8, 4) is 11.5 Å². The van der Waals surface area contributed by atoms with Gasteiger partial charge in [-0.15, -0.1) is 0 Å². The van der Waals surface area contributed by atoms with E-state index in [4.69, 9.17) is 14.2 Å². The van der Waals surface area contributed by atoms with Crippen LogP contribution in [0.2, 0.25) is 0 Å². The Labute approximate surface area is 175 Å². The lowest BCUT2D eigenvalue weighted by molar-refractivity contribution is -0.0982. The molecule has 1 fully saturated rings. The number of nitrogens with one attached hydrogen (secondary N) is 1. The molecule has 1 saturated heterocycles. The van der Waals surface area contributed by atoms with Gasteiger partial charge < -0.3 is 19.5 Å². The summed E-state index contributed by atoms with van der Waals surface area (Å²) < 4.78 is 17.2. The molecule has 0 aliphatic carbocycles. The van der Waals surface area contributed by atoms with Gasteiger partial charge in [-0.1, -0.05) is 37.3 Å². The van der Waals surface area contributed by atoms with Crippen LogP contribution in [0.15, 0.2) is 48.5 Å². The summed E-state index contributed by atoms with van der Waals surface area (Å²) in [6.45, 7) is 7.07. The molecule has 29 heavy (non-hydrogen) atoms. The number of methoxy groups -OCH3 is 2. The minimum atomic E-state index is -0.0882. The molecule has 0 aromatic heterocycles. The van der Waals surface area contributed by atoms with Gasteiger partial charge in [-0.3, -0.25) is 0 Å². The molecule has 4 heteroatoms. The van der Waals surface area contributed by atoms with E-state index < -0.39 is 0 Å². The highest BCUT2D eigenvalue weighted by Crippen LogP contribution is 2.47. The summed E-state index contributed by atoms with van der Waals surface area (Å²) in [4.78, 5) is 0. The molecule has 1 aliphatic heterocycles. The SMILES string of the molecule is CCC1(C)C[C@](CCNCc2ccc(OC)cc2)(c2ccccc2OC)CCO1. The van der Waals surface area contributed by atoms with Crippen LogP contribution in [0.3, 0.4) is 0 Å². The minimum Gasteiger partial charge on any atom is -0.497 e. The Morgan fingerprint density at radius 3 is 2.48 bits per heavy atom. The van der Waals surface area contributed by atoms with Crippen molar-refractivity contribution in [2.75, 3.05) is 27.4 Å². The maximum Gasteiger partial charge on any atom is 0.122 e. The topological polar surface area (TPSA) is 39.7 Å². The summed E-state index contributed by atoms with van der Waals surface area (Å²) in [5.41, 5.74) is 2.55. The smallest absolute Gasteiger partial charge is 0.122 e. The summed E-state index contributed by atoms with van der Waals surface area (Å²) in [5.74, 6) is 1.88. The quantitative estimate of drug-likeness (QED) is 0.598. The van der Waals surface area contributed by atoms with E-state index in [2.05, 4.69) is 55.6 Å². The zero-order valence-corrected chi connectivity index (χ0v) is 18.3. The lowest BCUT2D eigenvalue weighted by atomic mass is 9.66. The Balaban J connectivity index is 1.73. The Morgan fingerprint density at radius 2 is 1.79 bits per heavy atom. The molecule has 0 saturated carbocycles. The van der Waals surface area contributed by atoms with Gasteiger partial charge in [-0.25, -0.2) is 0 Å². The van der Waals surface area contributed by atoms with E-state index in [1.54, 1.807) is 14.2 Å². The highest BCUT2D eigenvalue weighted by atomic mass is 16.5. The number of ether oxygens (including phenoxy) is 3. The first-order chi connectivity index (χ1) is 14.0. The lowest BCUT2D eigenvalue weighted by Crippen LogP contribution is -2.46. The highest BCUT2D eigenvalue weighted by molar-refractivity contribution is 5.40. The van der Waals surface area contributed by atoms with Gasteiger partial charge in [-0.2, -0.15) is 0 Å². The van der Waals surface area contributed by atoms with E-state index in [0.717, 1.165) is 56.9 Å². The molecular formula is C25H35NO3. The standard InChI is InChI=1S/C25H35NO3/c1-5-24(2)19-25(15-17-29-24,22-8-6-7-9-23(22)28-4)14-16-26-18-20-10-12-21(27-3)13-11-20/h6-13,26H,5,14-19H2,1-4H3/t24?,25-/m1/s1. The van der Waals surface area contributed by atoms with Gasteiger partial charge in [0.05, 0.1) is 19.8 Å². The van der Waals surface area contributed by atoms with E-state index in [1.807, 2.05) is 12.1 Å². The third-order valence-electron chi connectivity index (χ3n) is 6.44. The fraction of sp³-hybridized carbons (Fsp3) is 0.520. The van der Waals surface area contributed by atoms with Gasteiger partial charge in [0.1, 0.15) is 11.5 Å². The fourth-order valence-electron chi connectivity index (χ4n) is 4.54. The molecule has 1 heterocycles. The average Bonchev–Trinajstić information content (AvgIpc) is 2.77. The average molecular weight is 398 g/mol. The summed E-state index contributed by atoms with van der Waals surface area (Å²) in [7, 11) is 3.47. The molecule has 0 bridgehead atoms. The largest absolute Gasteiger partial charge is 0.497 e. The molecule has 1 N–H and O–H groups in total. The van der Waals surface area contributed by atoms with Crippen LogP contribution < -0.4 is 14.8 Å². The Morgan fingerprint density at radius 1 is 1.03 bits per heavy atom. The molecule has 2 aromatic carbocycles. The van der Waals surface area contributed by atoms with E-state index in [0.29, 0.717) is 0 Å². The second-order valence-corrected chi connectivity index (χ2v) is 8.33. The fourth-order valence-corrected chi connectivity index (χ4v) is 4.54. The summed E-state index contributed by atoms with van der Waals surface area (Å²) in [5, 5.41) is 3.64. The monoisotopic (exact) mass is 397 g/mol. The predicted octanol–water partition coefficient (Wildman–Crippen LogP) is 5.10. The van der Waals surface area contributed by atoms with Crippen molar-refractivity contribution >= 4 is 0 Å². The Bertz CT molecular complexity index is 776. The summed E-state index contributed by atoms with van der Waals surface area (Å²) in [6.07, 6.45) is 4.11. The van der Waals surface area contributed by atoms with E-state index in [1.165, 1.54) is 11.1 Å². The first kappa shape index (κ1) is 21.7. The van der Waals surface area contributed by atoms with Crippen LogP contribution in [0.5, 0.6) is 11.5 Å². The van der Waals surface area contributed by atoms with E-state index in [-0.39, 0.29) is 11.0 Å². The van der Waals surface area contributed by atoms with Crippen molar-refractivity contribution in [3.63, 3.8) is 0 Å². The Hall–Kier alpha value is -2.04. The molecule has 0 amide bonds. The maximum absolute atomic E-state index is 6.19. The number of para-hydroxylation sites is 1. The third-order valence-corrected chi connectivity index (χ3v) is 6.44. The normalized spacial score (nSPS) is 24.3.